The number of guanidine groups is 1. The van der Waals surface area contributed by atoms with Crippen molar-refractivity contribution in [3.63, 3.8) is 0 Å². The van der Waals surface area contributed by atoms with Crippen molar-refractivity contribution < 1.29 is 23.0 Å². The van der Waals surface area contributed by atoms with Crippen LogP contribution in [0.5, 0.6) is 5.75 Å². The second-order valence-corrected chi connectivity index (χ2v) is 6.31. The van der Waals surface area contributed by atoms with E-state index in [1.165, 1.54) is 12.1 Å². The largest absolute Gasteiger partial charge is 0.444 e. The molecule has 0 heterocycles. The molecule has 0 unspecified atom stereocenters. The first-order valence-electron chi connectivity index (χ1n) is 8.15. The van der Waals surface area contributed by atoms with Crippen LogP contribution < -0.4 is 20.7 Å². The molecule has 1 aromatic carbocycles. The van der Waals surface area contributed by atoms with Crippen LogP contribution in [0.3, 0.4) is 0 Å². The predicted octanol–water partition coefficient (Wildman–Crippen LogP) is 2.48. The minimum atomic E-state index is -2.86. The van der Waals surface area contributed by atoms with E-state index in [-0.39, 0.29) is 5.75 Å². The van der Waals surface area contributed by atoms with E-state index >= 15 is 0 Å². The maximum atomic E-state index is 12.2. The Balaban J connectivity index is 2.34. The number of ether oxygens (including phenoxy) is 2. The van der Waals surface area contributed by atoms with Gasteiger partial charge in [-0.05, 0) is 38.5 Å². The molecular weight excluding hydrogens is 346 g/mol. The Morgan fingerprint density at radius 1 is 1.19 bits per heavy atom. The highest BCUT2D eigenvalue weighted by Gasteiger charge is 2.15. The molecule has 0 fully saturated rings. The number of halogens is 2. The molecule has 0 atom stereocenters. The summed E-state index contributed by atoms with van der Waals surface area (Å²) in [5.41, 5.74) is 0.218. The Labute approximate surface area is 152 Å². The summed E-state index contributed by atoms with van der Waals surface area (Å²) in [6, 6.07) is 6.40. The molecule has 3 N–H and O–H groups in total. The molecule has 1 rings (SSSR count). The van der Waals surface area contributed by atoms with Gasteiger partial charge in [-0.1, -0.05) is 12.1 Å². The summed E-state index contributed by atoms with van der Waals surface area (Å²) < 4.78 is 34.0. The van der Waals surface area contributed by atoms with Gasteiger partial charge in [0.25, 0.3) is 0 Å². The van der Waals surface area contributed by atoms with Gasteiger partial charge < -0.3 is 25.4 Å². The van der Waals surface area contributed by atoms with Crippen LogP contribution in [0.15, 0.2) is 29.3 Å². The van der Waals surface area contributed by atoms with E-state index in [0.717, 1.165) is 5.56 Å². The van der Waals surface area contributed by atoms with Gasteiger partial charge in [-0.25, -0.2) is 4.79 Å². The molecule has 26 heavy (non-hydrogen) atoms. The number of aliphatic imine (C=N–C) groups is 1. The van der Waals surface area contributed by atoms with Crippen LogP contribution in [-0.4, -0.2) is 44.4 Å². The number of carbonyl (C=O) groups excluding carboxylic acids is 1. The summed E-state index contributed by atoms with van der Waals surface area (Å²) in [7, 11) is 1.60. The molecule has 0 aliphatic rings. The molecule has 0 saturated carbocycles. The number of nitrogens with zero attached hydrogens (tertiary/aromatic N) is 1. The monoisotopic (exact) mass is 372 g/mol. The van der Waals surface area contributed by atoms with E-state index < -0.39 is 18.3 Å². The normalized spacial score (nSPS) is 11.9. The maximum absolute atomic E-state index is 12.2. The average molecular weight is 372 g/mol. The van der Waals surface area contributed by atoms with Gasteiger partial charge in [-0.3, -0.25) is 4.99 Å². The fourth-order valence-electron chi connectivity index (χ4n) is 1.90. The van der Waals surface area contributed by atoms with Crippen LogP contribution in [0.1, 0.15) is 26.3 Å². The Morgan fingerprint density at radius 3 is 2.50 bits per heavy atom. The van der Waals surface area contributed by atoms with Gasteiger partial charge in [-0.2, -0.15) is 8.78 Å². The lowest BCUT2D eigenvalue weighted by molar-refractivity contribution is -0.0498. The van der Waals surface area contributed by atoms with Crippen LogP contribution in [0.25, 0.3) is 0 Å². The smallest absolute Gasteiger partial charge is 0.407 e. The Hall–Kier alpha value is -2.58. The fraction of sp³-hybridized carbons (Fsp3) is 0.529. The summed E-state index contributed by atoms with van der Waals surface area (Å²) in [6.07, 6.45) is -0.488. The minimum Gasteiger partial charge on any atom is -0.444 e. The lowest BCUT2D eigenvalue weighted by Gasteiger charge is -2.20. The van der Waals surface area contributed by atoms with E-state index in [0.29, 0.717) is 25.6 Å². The van der Waals surface area contributed by atoms with Gasteiger partial charge in [0.15, 0.2) is 5.96 Å². The molecule has 0 spiro atoms. The van der Waals surface area contributed by atoms with Crippen LogP contribution in [0.2, 0.25) is 0 Å². The van der Waals surface area contributed by atoms with E-state index in [1.807, 2.05) is 0 Å². The SMILES string of the molecule is CN=C(NCCNC(=O)OC(C)(C)C)NCc1cccc(OC(F)F)c1. The van der Waals surface area contributed by atoms with Crippen molar-refractivity contribution in [2.24, 2.45) is 4.99 Å². The lowest BCUT2D eigenvalue weighted by atomic mass is 10.2. The number of hydrogen-bond acceptors (Lipinski definition) is 4. The third-order valence-electron chi connectivity index (χ3n) is 2.89. The van der Waals surface area contributed by atoms with Crippen molar-refractivity contribution >= 4 is 12.1 Å². The zero-order valence-electron chi connectivity index (χ0n) is 15.4. The Kier molecular flexibility index (Phi) is 8.60. The number of nitrogens with one attached hydrogen (secondary N) is 3. The number of benzene rings is 1. The predicted molar refractivity (Wildman–Crippen MR) is 95.5 cm³/mol. The van der Waals surface area contributed by atoms with Crippen LogP contribution in [0, 0.1) is 0 Å². The third-order valence-corrected chi connectivity index (χ3v) is 2.89. The molecule has 0 aromatic heterocycles. The number of hydrogen-bond donors (Lipinski definition) is 3. The van der Waals surface area contributed by atoms with E-state index in [9.17, 15) is 13.6 Å². The van der Waals surface area contributed by atoms with Gasteiger partial charge in [0.1, 0.15) is 11.4 Å². The van der Waals surface area contributed by atoms with Crippen molar-refractivity contribution in [3.05, 3.63) is 29.8 Å². The first-order chi connectivity index (χ1) is 12.2. The summed E-state index contributed by atoms with van der Waals surface area (Å²) in [6.45, 7) is 3.68. The average Bonchev–Trinajstić information content (AvgIpc) is 2.52. The summed E-state index contributed by atoms with van der Waals surface area (Å²) >= 11 is 0. The quantitative estimate of drug-likeness (QED) is 0.389. The second kappa shape index (κ2) is 10.4. The Morgan fingerprint density at radius 2 is 1.88 bits per heavy atom. The maximum Gasteiger partial charge on any atom is 0.407 e. The van der Waals surface area contributed by atoms with Gasteiger partial charge >= 0.3 is 12.7 Å². The second-order valence-electron chi connectivity index (χ2n) is 6.31. The highest BCUT2D eigenvalue weighted by atomic mass is 19.3. The highest BCUT2D eigenvalue weighted by molar-refractivity contribution is 5.79. The number of rotatable bonds is 7. The minimum absolute atomic E-state index is 0.101. The Bertz CT molecular complexity index is 604. The molecule has 1 aromatic rings. The van der Waals surface area contributed by atoms with Crippen molar-refractivity contribution in [1.82, 2.24) is 16.0 Å². The summed E-state index contributed by atoms with van der Waals surface area (Å²) in [4.78, 5) is 15.6. The molecule has 146 valence electrons. The third kappa shape index (κ3) is 9.65. The fourth-order valence-corrected chi connectivity index (χ4v) is 1.90. The zero-order chi connectivity index (χ0) is 19.6. The van der Waals surface area contributed by atoms with Gasteiger partial charge in [0.05, 0.1) is 0 Å². The van der Waals surface area contributed by atoms with Gasteiger partial charge in [0.2, 0.25) is 0 Å². The molecule has 7 nitrogen and oxygen atoms in total. The van der Waals surface area contributed by atoms with Crippen LogP contribution in [0.4, 0.5) is 13.6 Å². The first kappa shape index (κ1) is 21.5. The van der Waals surface area contributed by atoms with Gasteiger partial charge in [-0.15, -0.1) is 0 Å². The van der Waals surface area contributed by atoms with Gasteiger partial charge in [0, 0.05) is 26.7 Å². The highest BCUT2D eigenvalue weighted by Crippen LogP contribution is 2.15. The molecule has 1 amide bonds. The first-order valence-corrected chi connectivity index (χ1v) is 8.15. The van der Waals surface area contributed by atoms with Crippen molar-refractivity contribution in [2.45, 2.75) is 39.5 Å². The topological polar surface area (TPSA) is 84.0 Å². The number of amides is 1. The molecule has 9 heteroatoms. The molecule has 0 saturated heterocycles. The molecule has 0 aliphatic carbocycles. The molecular formula is C17H26F2N4O3. The van der Waals surface area contributed by atoms with E-state index in [1.54, 1.807) is 40.0 Å². The van der Waals surface area contributed by atoms with Crippen LogP contribution >= 0.6 is 0 Å². The number of alkyl halides is 2. The summed E-state index contributed by atoms with van der Waals surface area (Å²) in [5, 5.41) is 8.69. The summed E-state index contributed by atoms with van der Waals surface area (Å²) in [5.74, 6) is 0.611. The number of alkyl carbamates (subject to hydrolysis) is 1. The van der Waals surface area contributed by atoms with Crippen molar-refractivity contribution in [1.29, 1.82) is 0 Å². The molecule has 0 aliphatic heterocycles. The van der Waals surface area contributed by atoms with Crippen molar-refractivity contribution in [3.8, 4) is 5.75 Å². The van der Waals surface area contributed by atoms with E-state index in [2.05, 4.69) is 25.7 Å². The van der Waals surface area contributed by atoms with Crippen LogP contribution in [-0.2, 0) is 11.3 Å². The zero-order valence-corrected chi connectivity index (χ0v) is 15.4. The lowest BCUT2D eigenvalue weighted by Crippen LogP contribution is -2.42. The van der Waals surface area contributed by atoms with Crippen molar-refractivity contribution in [2.75, 3.05) is 20.1 Å². The number of carbonyl (C=O) groups is 1. The molecule has 0 bridgehead atoms. The molecule has 0 radical (unpaired) electrons. The standard InChI is InChI=1S/C17H26F2N4O3/c1-17(2,3)26-16(24)22-9-8-21-15(20-4)23-11-12-6-5-7-13(10-12)25-14(18)19/h5-7,10,14H,8-9,11H2,1-4H3,(H,22,24)(H2,20,21,23). The van der Waals surface area contributed by atoms with E-state index in [4.69, 9.17) is 4.74 Å².